The molecule has 0 aliphatic carbocycles. The van der Waals surface area contributed by atoms with Crippen molar-refractivity contribution in [2.75, 3.05) is 0 Å². The molecular weight excluding hydrogens is 240 g/mol. The Morgan fingerprint density at radius 1 is 0.941 bits per heavy atom. The van der Waals surface area contributed by atoms with E-state index in [1.165, 1.54) is 19.3 Å². The molecule has 0 bridgehead atoms. The van der Waals surface area contributed by atoms with Crippen LogP contribution in [-0.4, -0.2) is 19.1 Å². The van der Waals surface area contributed by atoms with Gasteiger partial charge in [-0.15, -0.1) is 0 Å². The van der Waals surface area contributed by atoms with Gasteiger partial charge in [-0.25, -0.2) is 4.18 Å². The molecule has 5 heteroatoms. The molecule has 1 unspecified atom stereocenters. The Labute approximate surface area is 106 Å². The van der Waals surface area contributed by atoms with Crippen molar-refractivity contribution in [2.45, 2.75) is 77.7 Å². The highest BCUT2D eigenvalue weighted by Crippen LogP contribution is 2.16. The van der Waals surface area contributed by atoms with Crippen molar-refractivity contribution in [3.8, 4) is 0 Å². The first-order chi connectivity index (χ1) is 7.99. The molecule has 0 aromatic heterocycles. The Morgan fingerprint density at radius 2 is 1.47 bits per heavy atom. The maximum absolute atomic E-state index is 10.7. The summed E-state index contributed by atoms with van der Waals surface area (Å²) in [4.78, 5) is 0. The van der Waals surface area contributed by atoms with Crippen LogP contribution >= 0.6 is 0 Å². The lowest BCUT2D eigenvalue weighted by atomic mass is 10.0. The Kier molecular flexibility index (Phi) is 9.78. The summed E-state index contributed by atoms with van der Waals surface area (Å²) < 4.78 is 34.7. The van der Waals surface area contributed by atoms with E-state index < -0.39 is 10.4 Å². The topological polar surface area (TPSA) is 63.6 Å². The highest BCUT2D eigenvalue weighted by Gasteiger charge is 2.16. The largest absolute Gasteiger partial charge is 0.397 e. The van der Waals surface area contributed by atoms with Crippen molar-refractivity contribution in [3.05, 3.63) is 0 Å². The van der Waals surface area contributed by atoms with Crippen LogP contribution in [0.1, 0.15) is 71.6 Å². The van der Waals surface area contributed by atoms with E-state index in [0.29, 0.717) is 12.8 Å². The number of rotatable bonds is 11. The molecule has 0 saturated heterocycles. The summed E-state index contributed by atoms with van der Waals surface area (Å²) in [6.45, 7) is 4.21. The molecule has 0 spiro atoms. The van der Waals surface area contributed by atoms with Gasteiger partial charge in [0.25, 0.3) is 0 Å². The van der Waals surface area contributed by atoms with Crippen LogP contribution in [0.4, 0.5) is 0 Å². The summed E-state index contributed by atoms with van der Waals surface area (Å²) >= 11 is 0. The van der Waals surface area contributed by atoms with Gasteiger partial charge in [0.15, 0.2) is 0 Å². The lowest BCUT2D eigenvalue weighted by Crippen LogP contribution is -2.18. The molecule has 0 heterocycles. The second-order valence-corrected chi connectivity index (χ2v) is 5.54. The maximum Gasteiger partial charge on any atom is 0.397 e. The van der Waals surface area contributed by atoms with E-state index in [2.05, 4.69) is 11.1 Å². The van der Waals surface area contributed by atoms with Gasteiger partial charge in [0.2, 0.25) is 0 Å². The predicted octanol–water partition coefficient (Wildman–Crippen LogP) is 3.73. The van der Waals surface area contributed by atoms with Crippen molar-refractivity contribution >= 4 is 10.4 Å². The zero-order chi connectivity index (χ0) is 13.1. The van der Waals surface area contributed by atoms with Crippen LogP contribution in [0.2, 0.25) is 0 Å². The lowest BCUT2D eigenvalue weighted by molar-refractivity contribution is 0.158. The van der Waals surface area contributed by atoms with Gasteiger partial charge in [0, 0.05) is 0 Å². The third-order valence-electron chi connectivity index (χ3n) is 2.77. The predicted molar refractivity (Wildman–Crippen MR) is 69.3 cm³/mol. The molecule has 17 heavy (non-hydrogen) atoms. The third kappa shape index (κ3) is 12.1. The van der Waals surface area contributed by atoms with Crippen molar-refractivity contribution < 1.29 is 17.2 Å². The van der Waals surface area contributed by atoms with Crippen LogP contribution in [0, 0.1) is 0 Å². The van der Waals surface area contributed by atoms with Crippen LogP contribution in [0.25, 0.3) is 0 Å². The van der Waals surface area contributed by atoms with Gasteiger partial charge in [-0.05, 0) is 12.8 Å². The molecule has 0 aliphatic heterocycles. The minimum Gasteiger partial charge on any atom is -0.264 e. The summed E-state index contributed by atoms with van der Waals surface area (Å²) in [5.41, 5.74) is 0. The molecule has 0 fully saturated rings. The monoisotopic (exact) mass is 266 g/mol. The lowest BCUT2D eigenvalue weighted by Gasteiger charge is -2.14. The zero-order valence-electron chi connectivity index (χ0n) is 11.0. The van der Waals surface area contributed by atoms with Gasteiger partial charge in [0.1, 0.15) is 0 Å². The third-order valence-corrected chi connectivity index (χ3v) is 3.28. The van der Waals surface area contributed by atoms with E-state index in [-0.39, 0.29) is 6.10 Å². The fourth-order valence-corrected chi connectivity index (χ4v) is 2.36. The Morgan fingerprint density at radius 3 is 2.00 bits per heavy atom. The fraction of sp³-hybridized carbons (Fsp3) is 1.00. The van der Waals surface area contributed by atoms with Gasteiger partial charge in [0.05, 0.1) is 6.10 Å². The van der Waals surface area contributed by atoms with Crippen LogP contribution in [-0.2, 0) is 14.6 Å². The fourth-order valence-electron chi connectivity index (χ4n) is 1.82. The second kappa shape index (κ2) is 9.85. The molecule has 0 saturated carbocycles. The van der Waals surface area contributed by atoms with Crippen molar-refractivity contribution in [1.29, 1.82) is 0 Å². The van der Waals surface area contributed by atoms with E-state index in [0.717, 1.165) is 25.7 Å². The SMILES string of the molecule is CCCCCCCC(CCCC)OS(=O)(=O)O. The van der Waals surface area contributed by atoms with Crippen LogP contribution in [0.5, 0.6) is 0 Å². The molecule has 0 amide bonds. The highest BCUT2D eigenvalue weighted by molar-refractivity contribution is 7.80. The molecule has 104 valence electrons. The van der Waals surface area contributed by atoms with Crippen LogP contribution in [0.3, 0.4) is 0 Å². The van der Waals surface area contributed by atoms with E-state index in [9.17, 15) is 8.42 Å². The standard InChI is InChI=1S/C12H26O4S/c1-3-5-7-8-9-11-12(10-6-4-2)16-17(13,14)15/h12H,3-11H2,1-2H3,(H,13,14,15). The molecule has 0 rings (SSSR count). The van der Waals surface area contributed by atoms with Crippen LogP contribution in [0.15, 0.2) is 0 Å². The van der Waals surface area contributed by atoms with Crippen molar-refractivity contribution in [3.63, 3.8) is 0 Å². The second-order valence-electron chi connectivity index (χ2n) is 4.49. The first-order valence-electron chi connectivity index (χ1n) is 6.65. The Balaban J connectivity index is 3.85. The van der Waals surface area contributed by atoms with Gasteiger partial charge < -0.3 is 0 Å². The van der Waals surface area contributed by atoms with Gasteiger partial charge >= 0.3 is 10.4 Å². The molecule has 0 aliphatic rings. The number of hydrogen-bond donors (Lipinski definition) is 1. The van der Waals surface area contributed by atoms with Crippen molar-refractivity contribution in [1.82, 2.24) is 0 Å². The smallest absolute Gasteiger partial charge is 0.264 e. The minimum atomic E-state index is -4.30. The zero-order valence-corrected chi connectivity index (χ0v) is 11.8. The molecule has 4 nitrogen and oxygen atoms in total. The Hall–Kier alpha value is -0.130. The summed E-state index contributed by atoms with van der Waals surface area (Å²) in [5, 5.41) is 0. The average molecular weight is 266 g/mol. The first-order valence-corrected chi connectivity index (χ1v) is 8.01. The summed E-state index contributed by atoms with van der Waals surface area (Å²) in [6, 6.07) is 0. The number of unbranched alkanes of at least 4 members (excludes halogenated alkanes) is 5. The first kappa shape index (κ1) is 16.9. The Bertz CT molecular complexity index is 262. The van der Waals surface area contributed by atoms with E-state index in [1.54, 1.807) is 0 Å². The highest BCUT2D eigenvalue weighted by atomic mass is 32.3. The van der Waals surface area contributed by atoms with Crippen LogP contribution < -0.4 is 0 Å². The van der Waals surface area contributed by atoms with E-state index >= 15 is 0 Å². The molecule has 0 radical (unpaired) electrons. The summed E-state index contributed by atoms with van der Waals surface area (Å²) in [5.74, 6) is 0. The molecule has 1 atom stereocenters. The van der Waals surface area contributed by atoms with Gasteiger partial charge in [-0.3, -0.25) is 4.55 Å². The van der Waals surface area contributed by atoms with E-state index in [1.807, 2.05) is 6.92 Å². The number of hydrogen-bond acceptors (Lipinski definition) is 3. The molecule has 0 aromatic rings. The van der Waals surface area contributed by atoms with E-state index in [4.69, 9.17) is 4.55 Å². The quantitative estimate of drug-likeness (QED) is 0.457. The summed E-state index contributed by atoms with van der Waals surface area (Å²) in [7, 11) is -4.30. The molecular formula is C12H26O4S. The normalized spacial score (nSPS) is 13.8. The van der Waals surface area contributed by atoms with Gasteiger partial charge in [-0.2, -0.15) is 8.42 Å². The summed E-state index contributed by atoms with van der Waals surface area (Å²) in [6.07, 6.45) is 8.65. The van der Waals surface area contributed by atoms with Gasteiger partial charge in [-0.1, -0.05) is 58.8 Å². The average Bonchev–Trinajstić information content (AvgIpc) is 2.23. The molecule has 1 N–H and O–H groups in total. The van der Waals surface area contributed by atoms with Crippen molar-refractivity contribution in [2.24, 2.45) is 0 Å². The minimum absolute atomic E-state index is 0.355. The maximum atomic E-state index is 10.7. The molecule has 0 aromatic carbocycles.